The van der Waals surface area contributed by atoms with Crippen molar-refractivity contribution in [3.05, 3.63) is 45.9 Å². The largest absolute Gasteiger partial charge is 0.493 e. The monoisotopic (exact) mass is 276 g/mol. The van der Waals surface area contributed by atoms with Gasteiger partial charge in [-0.1, -0.05) is 19.1 Å². The van der Waals surface area contributed by atoms with E-state index < -0.39 is 0 Å². The molecule has 2 aromatic rings. The Morgan fingerprint density at radius 2 is 2.05 bits per heavy atom. The van der Waals surface area contributed by atoms with Gasteiger partial charge in [0.1, 0.15) is 5.75 Å². The van der Waals surface area contributed by atoms with E-state index in [9.17, 15) is 0 Å². The molecule has 0 fully saturated rings. The fourth-order valence-corrected chi connectivity index (χ4v) is 2.71. The fraction of sp³-hybridized carbons (Fsp3) is 0.400. The first-order valence-electron chi connectivity index (χ1n) is 6.61. The summed E-state index contributed by atoms with van der Waals surface area (Å²) in [6, 6.07) is 8.30. The summed E-state index contributed by atoms with van der Waals surface area (Å²) in [6.45, 7) is 3.72. The number of aryl methyl sites for hydroxylation is 1. The quantitative estimate of drug-likeness (QED) is 0.844. The van der Waals surface area contributed by atoms with Gasteiger partial charge in [0.15, 0.2) is 0 Å². The lowest BCUT2D eigenvalue weighted by atomic mass is 10.2. The van der Waals surface area contributed by atoms with Gasteiger partial charge in [-0.3, -0.25) is 0 Å². The number of aromatic nitrogens is 1. The van der Waals surface area contributed by atoms with Crippen molar-refractivity contribution < 1.29 is 4.74 Å². The Bertz CT molecular complexity index is 493. The van der Waals surface area contributed by atoms with Gasteiger partial charge in [-0.05, 0) is 31.2 Å². The van der Waals surface area contributed by atoms with Crippen LogP contribution in [0.15, 0.2) is 30.5 Å². The smallest absolute Gasteiger partial charge is 0.119 e. The Hall–Kier alpha value is -1.39. The topological polar surface area (TPSA) is 34.1 Å². The molecule has 0 bridgehead atoms. The maximum atomic E-state index is 5.73. The second-order valence-electron chi connectivity index (χ2n) is 4.35. The van der Waals surface area contributed by atoms with E-state index in [0.29, 0.717) is 6.61 Å². The number of nitrogens with zero attached hydrogens (tertiary/aromatic N) is 1. The number of ether oxygens (including phenoxy) is 1. The van der Waals surface area contributed by atoms with Crippen molar-refractivity contribution >= 4 is 11.3 Å². The number of rotatable bonds is 7. The number of nitrogens with one attached hydrogen (secondary N) is 1. The van der Waals surface area contributed by atoms with Crippen LogP contribution in [0.3, 0.4) is 0 Å². The lowest BCUT2D eigenvalue weighted by molar-refractivity contribution is 0.321. The van der Waals surface area contributed by atoms with E-state index in [-0.39, 0.29) is 0 Å². The third-order valence-electron chi connectivity index (χ3n) is 2.87. The number of hydrogen-bond donors (Lipinski definition) is 1. The van der Waals surface area contributed by atoms with E-state index in [0.717, 1.165) is 30.1 Å². The average Bonchev–Trinajstić information content (AvgIpc) is 2.88. The van der Waals surface area contributed by atoms with Crippen molar-refractivity contribution in [2.24, 2.45) is 0 Å². The van der Waals surface area contributed by atoms with Gasteiger partial charge in [-0.25, -0.2) is 4.98 Å². The van der Waals surface area contributed by atoms with E-state index in [1.54, 1.807) is 11.3 Å². The summed E-state index contributed by atoms with van der Waals surface area (Å²) in [5.41, 5.74) is 1.34. The summed E-state index contributed by atoms with van der Waals surface area (Å²) in [6.07, 6.45) is 3.87. The van der Waals surface area contributed by atoms with Crippen molar-refractivity contribution in [2.45, 2.75) is 26.3 Å². The van der Waals surface area contributed by atoms with Crippen molar-refractivity contribution in [1.82, 2.24) is 10.3 Å². The molecule has 2 rings (SSSR count). The van der Waals surface area contributed by atoms with E-state index in [4.69, 9.17) is 4.74 Å². The highest BCUT2D eigenvalue weighted by Gasteiger charge is 2.02. The lowest BCUT2D eigenvalue weighted by Crippen LogP contribution is -2.02. The van der Waals surface area contributed by atoms with Gasteiger partial charge < -0.3 is 10.1 Å². The zero-order valence-electron chi connectivity index (χ0n) is 11.5. The third-order valence-corrected chi connectivity index (χ3v) is 3.93. The van der Waals surface area contributed by atoms with Crippen molar-refractivity contribution in [2.75, 3.05) is 13.7 Å². The van der Waals surface area contributed by atoms with Crippen LogP contribution in [-0.4, -0.2) is 18.6 Å². The molecule has 0 amide bonds. The SMILES string of the molecule is CCc1ccc(OCCc2ncc(CNC)s2)cc1. The molecule has 0 atom stereocenters. The molecule has 19 heavy (non-hydrogen) atoms. The van der Waals surface area contributed by atoms with Gasteiger partial charge in [0.05, 0.1) is 11.6 Å². The summed E-state index contributed by atoms with van der Waals surface area (Å²) >= 11 is 1.75. The minimum absolute atomic E-state index is 0.679. The van der Waals surface area contributed by atoms with Crippen LogP contribution < -0.4 is 10.1 Å². The molecule has 1 aromatic carbocycles. The predicted molar refractivity (Wildman–Crippen MR) is 79.9 cm³/mol. The first kappa shape index (κ1) is 14.0. The molecule has 3 nitrogen and oxygen atoms in total. The summed E-state index contributed by atoms with van der Waals surface area (Å²) in [7, 11) is 1.95. The van der Waals surface area contributed by atoms with Gasteiger partial charge >= 0.3 is 0 Å². The van der Waals surface area contributed by atoms with E-state index in [1.165, 1.54) is 10.4 Å². The molecule has 0 saturated heterocycles. The molecule has 0 aliphatic rings. The Morgan fingerprint density at radius 1 is 1.26 bits per heavy atom. The second-order valence-corrected chi connectivity index (χ2v) is 5.55. The first-order valence-corrected chi connectivity index (χ1v) is 7.43. The normalized spacial score (nSPS) is 10.6. The number of benzene rings is 1. The standard InChI is InChI=1S/C15H20N2OS/c1-3-12-4-6-13(7-5-12)18-9-8-15-17-11-14(19-15)10-16-2/h4-7,11,16H,3,8-10H2,1-2H3. The van der Waals surface area contributed by atoms with E-state index in [1.807, 2.05) is 25.4 Å². The molecule has 102 valence electrons. The molecule has 0 radical (unpaired) electrons. The van der Waals surface area contributed by atoms with Gasteiger partial charge in [0, 0.05) is 24.0 Å². The highest BCUT2D eigenvalue weighted by atomic mass is 32.1. The van der Waals surface area contributed by atoms with Gasteiger partial charge in [-0.2, -0.15) is 0 Å². The van der Waals surface area contributed by atoms with Crippen molar-refractivity contribution in [1.29, 1.82) is 0 Å². The Balaban J connectivity index is 1.78. The van der Waals surface area contributed by atoms with Crippen LogP contribution >= 0.6 is 11.3 Å². The second kappa shape index (κ2) is 7.26. The van der Waals surface area contributed by atoms with E-state index in [2.05, 4.69) is 29.4 Å². The molecule has 1 N–H and O–H groups in total. The zero-order valence-corrected chi connectivity index (χ0v) is 12.3. The summed E-state index contributed by atoms with van der Waals surface area (Å²) < 4.78 is 5.73. The molecule has 1 heterocycles. The molecular weight excluding hydrogens is 256 g/mol. The Morgan fingerprint density at radius 3 is 2.74 bits per heavy atom. The van der Waals surface area contributed by atoms with Gasteiger partial charge in [0.25, 0.3) is 0 Å². The van der Waals surface area contributed by atoms with E-state index >= 15 is 0 Å². The molecule has 4 heteroatoms. The summed E-state index contributed by atoms with van der Waals surface area (Å²) in [4.78, 5) is 5.66. The van der Waals surface area contributed by atoms with Crippen LogP contribution in [0, 0.1) is 0 Å². The molecule has 0 spiro atoms. The summed E-state index contributed by atoms with van der Waals surface area (Å²) in [5.74, 6) is 0.934. The first-order chi connectivity index (χ1) is 9.31. The zero-order chi connectivity index (χ0) is 13.5. The third kappa shape index (κ3) is 4.33. The van der Waals surface area contributed by atoms with Gasteiger partial charge in [-0.15, -0.1) is 11.3 Å². The molecule has 0 aliphatic carbocycles. The minimum atomic E-state index is 0.679. The summed E-state index contributed by atoms with van der Waals surface area (Å²) in [5, 5.41) is 4.26. The number of hydrogen-bond acceptors (Lipinski definition) is 4. The Labute approximate surface area is 118 Å². The number of thiazole rings is 1. The maximum Gasteiger partial charge on any atom is 0.119 e. The van der Waals surface area contributed by atoms with Crippen LogP contribution in [0.1, 0.15) is 22.4 Å². The molecule has 0 saturated carbocycles. The van der Waals surface area contributed by atoms with Crippen molar-refractivity contribution in [3.63, 3.8) is 0 Å². The maximum absolute atomic E-state index is 5.73. The average molecular weight is 276 g/mol. The molecular formula is C15H20N2OS. The fourth-order valence-electron chi connectivity index (χ4n) is 1.80. The highest BCUT2D eigenvalue weighted by Crippen LogP contribution is 2.15. The van der Waals surface area contributed by atoms with Crippen LogP contribution in [-0.2, 0) is 19.4 Å². The Kier molecular flexibility index (Phi) is 5.36. The minimum Gasteiger partial charge on any atom is -0.493 e. The molecule has 1 aromatic heterocycles. The van der Waals surface area contributed by atoms with Crippen LogP contribution in [0.2, 0.25) is 0 Å². The lowest BCUT2D eigenvalue weighted by Gasteiger charge is -2.05. The van der Waals surface area contributed by atoms with Crippen molar-refractivity contribution in [3.8, 4) is 5.75 Å². The highest BCUT2D eigenvalue weighted by molar-refractivity contribution is 7.11. The van der Waals surface area contributed by atoms with Crippen LogP contribution in [0.4, 0.5) is 0 Å². The molecule has 0 unspecified atom stereocenters. The van der Waals surface area contributed by atoms with Crippen LogP contribution in [0.25, 0.3) is 0 Å². The predicted octanol–water partition coefficient (Wildman–Crippen LogP) is 3.05. The molecule has 0 aliphatic heterocycles. The van der Waals surface area contributed by atoms with Crippen LogP contribution in [0.5, 0.6) is 5.75 Å². The van der Waals surface area contributed by atoms with Gasteiger partial charge in [0.2, 0.25) is 0 Å².